The van der Waals surface area contributed by atoms with E-state index in [4.69, 9.17) is 15.3 Å². The number of carboxylic acids is 2. The van der Waals surface area contributed by atoms with E-state index in [2.05, 4.69) is 24.8 Å². The van der Waals surface area contributed by atoms with Gasteiger partial charge in [-0.05, 0) is 26.2 Å². The molecule has 0 heterocycles. The molecule has 0 aliphatic carbocycles. The summed E-state index contributed by atoms with van der Waals surface area (Å²) in [5.41, 5.74) is 1.06. The zero-order valence-corrected chi connectivity index (χ0v) is 17.6. The van der Waals surface area contributed by atoms with Crippen molar-refractivity contribution in [1.29, 1.82) is 0 Å². The Morgan fingerprint density at radius 1 is 0.964 bits per heavy atom. The predicted octanol–water partition coefficient (Wildman–Crippen LogP) is 4.12. The maximum Gasteiger partial charge on any atom is 0.332 e. The number of esters is 1. The van der Waals surface area contributed by atoms with Crippen LogP contribution in [-0.4, -0.2) is 46.9 Å². The van der Waals surface area contributed by atoms with E-state index in [1.165, 1.54) is 20.0 Å². The molecule has 0 amide bonds. The molecule has 28 heavy (non-hydrogen) atoms. The number of aliphatic carboxylic acids is 2. The largest absolute Gasteiger partial charge is 0.478 e. The van der Waals surface area contributed by atoms with E-state index in [9.17, 15) is 14.4 Å². The molecule has 0 bridgehead atoms. The number of ether oxygens (including phenoxy) is 1. The van der Waals surface area contributed by atoms with Crippen LogP contribution in [0.3, 0.4) is 0 Å². The summed E-state index contributed by atoms with van der Waals surface area (Å²) in [4.78, 5) is 30.8. The Morgan fingerprint density at radius 3 is 1.79 bits per heavy atom. The maximum atomic E-state index is 10.7. The van der Waals surface area contributed by atoms with E-state index in [0.29, 0.717) is 11.1 Å². The minimum atomic E-state index is -1.04. The van der Waals surface area contributed by atoms with Gasteiger partial charge in [0, 0.05) is 29.7 Å². The molecule has 3 N–H and O–H groups in total. The van der Waals surface area contributed by atoms with E-state index in [0.717, 1.165) is 25.7 Å². The van der Waals surface area contributed by atoms with Crippen LogP contribution in [0, 0.1) is 0 Å². The number of hydrogen-bond acceptors (Lipinski definition) is 5. The lowest BCUT2D eigenvalue weighted by Crippen LogP contribution is -2.00. The van der Waals surface area contributed by atoms with Gasteiger partial charge in [0.2, 0.25) is 0 Å². The third-order valence-electron chi connectivity index (χ3n) is 3.27. The monoisotopic (exact) mass is 400 g/mol. The molecule has 0 aromatic carbocycles. The summed E-state index contributed by atoms with van der Waals surface area (Å²) in [7, 11) is 1.33. The van der Waals surface area contributed by atoms with Crippen molar-refractivity contribution >= 4 is 17.9 Å². The van der Waals surface area contributed by atoms with Gasteiger partial charge < -0.3 is 20.1 Å². The summed E-state index contributed by atoms with van der Waals surface area (Å²) in [5, 5.41) is 25.1. The van der Waals surface area contributed by atoms with Crippen molar-refractivity contribution in [2.45, 2.75) is 65.7 Å². The highest BCUT2D eigenvalue weighted by molar-refractivity contribution is 5.87. The highest BCUT2D eigenvalue weighted by Crippen LogP contribution is 2.11. The molecule has 0 unspecified atom stereocenters. The highest BCUT2D eigenvalue weighted by atomic mass is 16.5. The molecule has 0 aromatic heterocycles. The van der Waals surface area contributed by atoms with Crippen LogP contribution in [0.2, 0.25) is 0 Å². The fraction of sp³-hybridized carbons (Fsp3) is 0.571. The molecule has 0 fully saturated rings. The van der Waals surface area contributed by atoms with Gasteiger partial charge in [-0.3, -0.25) is 0 Å². The third kappa shape index (κ3) is 21.6. The zero-order valence-electron chi connectivity index (χ0n) is 17.6. The lowest BCUT2D eigenvalue weighted by atomic mass is 10.1. The van der Waals surface area contributed by atoms with Crippen molar-refractivity contribution in [3.05, 3.63) is 36.0 Å². The van der Waals surface area contributed by atoms with Crippen LogP contribution in [0.15, 0.2) is 36.0 Å². The van der Waals surface area contributed by atoms with Gasteiger partial charge in [-0.15, -0.1) is 0 Å². The van der Waals surface area contributed by atoms with Crippen molar-refractivity contribution in [3.8, 4) is 0 Å². The topological polar surface area (TPSA) is 121 Å². The minimum Gasteiger partial charge on any atom is -0.478 e. The number of carbonyl (C=O) groups is 3. The Hall–Kier alpha value is -2.41. The molecule has 7 heteroatoms. The van der Waals surface area contributed by atoms with E-state index in [1.54, 1.807) is 6.92 Å². The quantitative estimate of drug-likeness (QED) is 0.271. The van der Waals surface area contributed by atoms with Crippen molar-refractivity contribution < 1.29 is 34.4 Å². The van der Waals surface area contributed by atoms with Gasteiger partial charge in [-0.2, -0.15) is 0 Å². The van der Waals surface area contributed by atoms with Crippen molar-refractivity contribution in [1.82, 2.24) is 0 Å². The zero-order chi connectivity index (χ0) is 22.5. The SMILES string of the molecule is C=C(C)C(=O)OC.C=C(CCO)C(=O)O.CCC=C(CCCCCC)C(=O)O. The number of carbonyl (C=O) groups excluding carboxylic acids is 1. The lowest BCUT2D eigenvalue weighted by Gasteiger charge is -2.01. The second-order valence-corrected chi connectivity index (χ2v) is 5.91. The van der Waals surface area contributed by atoms with Gasteiger partial charge in [0.25, 0.3) is 0 Å². The number of allylic oxidation sites excluding steroid dienone is 1. The Labute approximate surface area is 168 Å². The molecule has 0 aromatic rings. The summed E-state index contributed by atoms with van der Waals surface area (Å²) < 4.78 is 4.27. The molecule has 0 spiro atoms. The molecule has 7 nitrogen and oxygen atoms in total. The van der Waals surface area contributed by atoms with Gasteiger partial charge >= 0.3 is 17.9 Å². The Kier molecular flexibility index (Phi) is 22.6. The molecule has 0 aliphatic rings. The number of methoxy groups -OCH3 is 1. The first-order chi connectivity index (χ1) is 13.1. The summed E-state index contributed by atoms with van der Waals surface area (Å²) >= 11 is 0. The second kappa shape index (κ2) is 20.9. The molecule has 0 saturated heterocycles. The van der Waals surface area contributed by atoms with E-state index >= 15 is 0 Å². The molecule has 0 saturated carbocycles. The predicted molar refractivity (Wildman–Crippen MR) is 110 cm³/mol. The maximum absolute atomic E-state index is 10.7. The lowest BCUT2D eigenvalue weighted by molar-refractivity contribution is -0.136. The summed E-state index contributed by atoms with van der Waals surface area (Å²) in [5.74, 6) is -2.14. The first-order valence-electron chi connectivity index (χ1n) is 9.26. The van der Waals surface area contributed by atoms with Crippen LogP contribution in [-0.2, 0) is 19.1 Å². The number of carboxylic acid groups (broad SMARTS) is 2. The standard InChI is InChI=1S/C11H20O2.C5H8O3.C5H8O2/c1-3-5-6-7-9-10(8-4-2)11(12)13;1-4(2-3-6)5(7)8;1-4(2)5(6)7-3/h8H,3-7,9H2,1-2H3,(H,12,13);6H,1-3H2,(H,7,8);1H2,2-3H3. The summed E-state index contributed by atoms with van der Waals surface area (Å²) in [6, 6.07) is 0. The van der Waals surface area contributed by atoms with E-state index < -0.39 is 11.9 Å². The van der Waals surface area contributed by atoms with Crippen LogP contribution >= 0.6 is 0 Å². The number of unbranched alkanes of at least 4 members (excludes halogenated alkanes) is 3. The normalized spacial score (nSPS) is 9.82. The van der Waals surface area contributed by atoms with Crippen LogP contribution in [0.1, 0.15) is 65.7 Å². The first-order valence-corrected chi connectivity index (χ1v) is 9.26. The van der Waals surface area contributed by atoms with Gasteiger partial charge in [0.05, 0.1) is 7.11 Å². The third-order valence-corrected chi connectivity index (χ3v) is 3.27. The Balaban J connectivity index is -0.000000359. The first kappa shape index (κ1) is 30.3. The Morgan fingerprint density at radius 2 is 1.54 bits per heavy atom. The second-order valence-electron chi connectivity index (χ2n) is 5.91. The van der Waals surface area contributed by atoms with E-state index in [-0.39, 0.29) is 24.6 Å². The number of rotatable bonds is 11. The van der Waals surface area contributed by atoms with Crippen molar-refractivity contribution in [2.75, 3.05) is 13.7 Å². The van der Waals surface area contributed by atoms with Gasteiger partial charge in [-0.25, -0.2) is 14.4 Å². The fourth-order valence-corrected chi connectivity index (χ4v) is 1.70. The van der Waals surface area contributed by atoms with Gasteiger partial charge in [0.1, 0.15) is 0 Å². The van der Waals surface area contributed by atoms with Gasteiger partial charge in [-0.1, -0.05) is 52.3 Å². The van der Waals surface area contributed by atoms with Gasteiger partial charge in [0.15, 0.2) is 0 Å². The average molecular weight is 401 g/mol. The summed E-state index contributed by atoms with van der Waals surface area (Å²) in [6.07, 6.45) is 8.05. The molecule has 0 aliphatic heterocycles. The summed E-state index contributed by atoms with van der Waals surface area (Å²) in [6.45, 7) is 12.1. The van der Waals surface area contributed by atoms with Crippen LogP contribution in [0.5, 0.6) is 0 Å². The molecular formula is C21H36O7. The van der Waals surface area contributed by atoms with Crippen LogP contribution in [0.4, 0.5) is 0 Å². The number of aliphatic hydroxyl groups excluding tert-OH is 1. The number of aliphatic hydroxyl groups is 1. The highest BCUT2D eigenvalue weighted by Gasteiger charge is 2.05. The van der Waals surface area contributed by atoms with Crippen molar-refractivity contribution in [2.24, 2.45) is 0 Å². The smallest absolute Gasteiger partial charge is 0.332 e. The minimum absolute atomic E-state index is 0.0486. The molecule has 0 rings (SSSR count). The van der Waals surface area contributed by atoms with Crippen molar-refractivity contribution in [3.63, 3.8) is 0 Å². The molecular weight excluding hydrogens is 364 g/mol. The number of hydrogen-bond donors (Lipinski definition) is 3. The van der Waals surface area contributed by atoms with Crippen LogP contribution < -0.4 is 0 Å². The molecule has 0 atom stereocenters. The average Bonchev–Trinajstić information content (AvgIpc) is 2.64. The van der Waals surface area contributed by atoms with Crippen LogP contribution in [0.25, 0.3) is 0 Å². The Bertz CT molecular complexity index is 519. The molecule has 162 valence electrons. The van der Waals surface area contributed by atoms with E-state index in [1.807, 2.05) is 13.0 Å². The fourth-order valence-electron chi connectivity index (χ4n) is 1.70. The molecule has 0 radical (unpaired) electrons.